The van der Waals surface area contributed by atoms with Crippen molar-refractivity contribution in [3.05, 3.63) is 52.7 Å². The van der Waals surface area contributed by atoms with Gasteiger partial charge in [0.15, 0.2) is 0 Å². The van der Waals surface area contributed by atoms with Crippen molar-refractivity contribution in [2.24, 2.45) is 0 Å². The fourth-order valence-electron chi connectivity index (χ4n) is 2.61. The summed E-state index contributed by atoms with van der Waals surface area (Å²) in [4.78, 5) is 19.0. The minimum absolute atomic E-state index is 0. The van der Waals surface area contributed by atoms with Crippen LogP contribution in [-0.4, -0.2) is 37.1 Å². The van der Waals surface area contributed by atoms with Crippen LogP contribution in [0, 0.1) is 6.92 Å². The standard InChI is InChI=1S/C17H19ClN4O.ClH/c1-12-14(3-2-4-15(12)18)17(23)21-16-6-5-13(11-20-16)22-9-7-19-8-10-22;/h2-6,11,19H,7-10H2,1H3,(H,20,21,23);1H. The van der Waals surface area contributed by atoms with E-state index in [1.807, 2.05) is 19.1 Å². The lowest BCUT2D eigenvalue weighted by molar-refractivity contribution is 0.102. The number of amides is 1. The van der Waals surface area contributed by atoms with Gasteiger partial charge in [0.25, 0.3) is 5.91 Å². The van der Waals surface area contributed by atoms with Crippen LogP contribution in [0.1, 0.15) is 15.9 Å². The fraction of sp³-hybridized carbons (Fsp3) is 0.294. The highest BCUT2D eigenvalue weighted by atomic mass is 35.5. The van der Waals surface area contributed by atoms with Crippen molar-refractivity contribution in [2.75, 3.05) is 36.4 Å². The summed E-state index contributed by atoms with van der Waals surface area (Å²) in [5.41, 5.74) is 2.40. The van der Waals surface area contributed by atoms with Gasteiger partial charge in [-0.1, -0.05) is 17.7 Å². The van der Waals surface area contributed by atoms with Crippen molar-refractivity contribution >= 4 is 41.4 Å². The van der Waals surface area contributed by atoms with E-state index in [9.17, 15) is 4.79 Å². The number of hydrogen-bond acceptors (Lipinski definition) is 4. The van der Waals surface area contributed by atoms with E-state index in [1.54, 1.807) is 24.4 Å². The molecule has 1 amide bonds. The van der Waals surface area contributed by atoms with Gasteiger partial charge in [0.2, 0.25) is 0 Å². The summed E-state index contributed by atoms with van der Waals surface area (Å²) in [5, 5.41) is 6.72. The highest BCUT2D eigenvalue weighted by Crippen LogP contribution is 2.20. The Labute approximate surface area is 152 Å². The molecule has 0 spiro atoms. The van der Waals surface area contributed by atoms with Crippen molar-refractivity contribution in [1.29, 1.82) is 0 Å². The molecule has 7 heteroatoms. The highest BCUT2D eigenvalue weighted by Gasteiger charge is 2.13. The fourth-order valence-corrected chi connectivity index (χ4v) is 2.78. The maximum absolute atomic E-state index is 12.3. The molecule has 1 aromatic heterocycles. The Balaban J connectivity index is 0.00000208. The molecule has 0 saturated carbocycles. The lowest BCUT2D eigenvalue weighted by atomic mass is 10.1. The van der Waals surface area contributed by atoms with E-state index in [4.69, 9.17) is 11.6 Å². The lowest BCUT2D eigenvalue weighted by Gasteiger charge is -2.29. The van der Waals surface area contributed by atoms with Crippen molar-refractivity contribution in [2.45, 2.75) is 6.92 Å². The van der Waals surface area contributed by atoms with Gasteiger partial charge in [-0.25, -0.2) is 4.98 Å². The van der Waals surface area contributed by atoms with E-state index in [-0.39, 0.29) is 18.3 Å². The number of hydrogen-bond donors (Lipinski definition) is 2. The predicted molar refractivity (Wildman–Crippen MR) is 101 cm³/mol. The zero-order valence-corrected chi connectivity index (χ0v) is 15.0. The summed E-state index contributed by atoms with van der Waals surface area (Å²) in [7, 11) is 0. The molecule has 0 atom stereocenters. The molecule has 0 aliphatic carbocycles. The predicted octanol–water partition coefficient (Wildman–Crippen LogP) is 3.13. The minimum Gasteiger partial charge on any atom is -0.368 e. The van der Waals surface area contributed by atoms with Gasteiger partial charge < -0.3 is 15.5 Å². The van der Waals surface area contributed by atoms with Crippen LogP contribution in [0.4, 0.5) is 11.5 Å². The largest absolute Gasteiger partial charge is 0.368 e. The second-order valence-electron chi connectivity index (χ2n) is 5.51. The van der Waals surface area contributed by atoms with E-state index < -0.39 is 0 Å². The molecule has 0 bridgehead atoms. The van der Waals surface area contributed by atoms with Crippen molar-refractivity contribution in [3.63, 3.8) is 0 Å². The second kappa shape index (κ2) is 8.33. The number of rotatable bonds is 3. The molecule has 2 heterocycles. The molecule has 1 aliphatic rings. The first-order valence-electron chi connectivity index (χ1n) is 7.63. The van der Waals surface area contributed by atoms with E-state index in [0.717, 1.165) is 37.4 Å². The maximum atomic E-state index is 12.3. The molecule has 2 N–H and O–H groups in total. The van der Waals surface area contributed by atoms with Gasteiger partial charge in [0.1, 0.15) is 5.82 Å². The van der Waals surface area contributed by atoms with E-state index >= 15 is 0 Å². The number of carbonyl (C=O) groups is 1. The van der Waals surface area contributed by atoms with Gasteiger partial charge in [-0.05, 0) is 36.8 Å². The van der Waals surface area contributed by atoms with E-state index in [0.29, 0.717) is 16.4 Å². The van der Waals surface area contributed by atoms with E-state index in [1.165, 1.54) is 0 Å². The number of carbonyl (C=O) groups excluding carboxylic acids is 1. The number of nitrogens with zero attached hydrogens (tertiary/aromatic N) is 2. The van der Waals surface area contributed by atoms with Crippen molar-refractivity contribution < 1.29 is 4.79 Å². The van der Waals surface area contributed by atoms with Crippen molar-refractivity contribution in [3.8, 4) is 0 Å². The monoisotopic (exact) mass is 366 g/mol. The van der Waals surface area contributed by atoms with Crippen LogP contribution >= 0.6 is 24.0 Å². The number of benzene rings is 1. The van der Waals surface area contributed by atoms with Gasteiger partial charge in [-0.3, -0.25) is 4.79 Å². The molecule has 128 valence electrons. The Kier molecular flexibility index (Phi) is 6.43. The quantitative estimate of drug-likeness (QED) is 0.875. The van der Waals surface area contributed by atoms with Crippen LogP contribution in [0.25, 0.3) is 0 Å². The molecular formula is C17H20Cl2N4O. The zero-order chi connectivity index (χ0) is 16.2. The average Bonchev–Trinajstić information content (AvgIpc) is 2.59. The summed E-state index contributed by atoms with van der Waals surface area (Å²) >= 11 is 6.06. The normalized spacial score (nSPS) is 14.0. The molecule has 3 rings (SSSR count). The van der Waals surface area contributed by atoms with Crippen LogP contribution < -0.4 is 15.5 Å². The first kappa shape index (κ1) is 18.5. The van der Waals surface area contributed by atoms with E-state index in [2.05, 4.69) is 20.5 Å². The number of aromatic nitrogens is 1. The Morgan fingerprint density at radius 2 is 2.00 bits per heavy atom. The minimum atomic E-state index is -0.201. The number of piperazine rings is 1. The molecule has 24 heavy (non-hydrogen) atoms. The molecular weight excluding hydrogens is 347 g/mol. The summed E-state index contributed by atoms with van der Waals surface area (Å²) in [5.74, 6) is 0.334. The first-order valence-corrected chi connectivity index (χ1v) is 8.01. The summed E-state index contributed by atoms with van der Waals surface area (Å²) in [6.07, 6.45) is 1.80. The lowest BCUT2D eigenvalue weighted by Crippen LogP contribution is -2.43. The maximum Gasteiger partial charge on any atom is 0.257 e. The van der Waals surface area contributed by atoms with Gasteiger partial charge in [0.05, 0.1) is 11.9 Å². The van der Waals surface area contributed by atoms with Crippen LogP contribution in [0.5, 0.6) is 0 Å². The Morgan fingerprint density at radius 3 is 2.67 bits per heavy atom. The third kappa shape index (κ3) is 4.17. The summed E-state index contributed by atoms with van der Waals surface area (Å²) in [6.45, 7) is 5.72. The van der Waals surface area contributed by atoms with Crippen LogP contribution in [0.15, 0.2) is 36.5 Å². The molecule has 0 unspecified atom stereocenters. The number of pyridine rings is 1. The number of anilines is 2. The molecule has 1 saturated heterocycles. The topological polar surface area (TPSA) is 57.3 Å². The molecule has 1 aliphatic heterocycles. The molecule has 0 radical (unpaired) electrons. The van der Waals surface area contributed by atoms with Gasteiger partial charge in [-0.2, -0.15) is 0 Å². The SMILES string of the molecule is Cc1c(Cl)cccc1C(=O)Nc1ccc(N2CCNCC2)cn1.Cl. The molecule has 5 nitrogen and oxygen atoms in total. The Hall–Kier alpha value is -1.82. The van der Waals surface area contributed by atoms with Crippen LogP contribution in [-0.2, 0) is 0 Å². The van der Waals surface area contributed by atoms with Crippen molar-refractivity contribution in [1.82, 2.24) is 10.3 Å². The van der Waals surface area contributed by atoms with Crippen LogP contribution in [0.2, 0.25) is 5.02 Å². The van der Waals surface area contributed by atoms with Gasteiger partial charge in [-0.15, -0.1) is 12.4 Å². The summed E-state index contributed by atoms with van der Waals surface area (Å²) < 4.78 is 0. The third-order valence-corrected chi connectivity index (χ3v) is 4.39. The smallest absolute Gasteiger partial charge is 0.257 e. The van der Waals surface area contributed by atoms with Gasteiger partial charge >= 0.3 is 0 Å². The molecule has 2 aromatic rings. The highest BCUT2D eigenvalue weighted by molar-refractivity contribution is 6.32. The Bertz CT molecular complexity index is 700. The molecule has 1 aromatic carbocycles. The number of nitrogens with one attached hydrogen (secondary N) is 2. The molecule has 1 fully saturated rings. The number of halogens is 2. The first-order chi connectivity index (χ1) is 11.1. The summed E-state index contributed by atoms with van der Waals surface area (Å²) in [6, 6.07) is 9.11. The third-order valence-electron chi connectivity index (χ3n) is 3.98. The van der Waals surface area contributed by atoms with Crippen LogP contribution in [0.3, 0.4) is 0 Å². The second-order valence-corrected chi connectivity index (χ2v) is 5.91. The Morgan fingerprint density at radius 1 is 1.25 bits per heavy atom. The zero-order valence-electron chi connectivity index (χ0n) is 13.4. The van der Waals surface area contributed by atoms with Gasteiger partial charge in [0, 0.05) is 36.8 Å². The average molecular weight is 367 g/mol.